The van der Waals surface area contributed by atoms with E-state index >= 15 is 0 Å². The Morgan fingerprint density at radius 3 is 2.63 bits per heavy atom. The van der Waals surface area contributed by atoms with Gasteiger partial charge in [-0.2, -0.15) is 0 Å². The predicted octanol–water partition coefficient (Wildman–Crippen LogP) is 1.72. The van der Waals surface area contributed by atoms with Gasteiger partial charge in [-0.25, -0.2) is 0 Å². The van der Waals surface area contributed by atoms with Crippen LogP contribution in [0.15, 0.2) is 12.1 Å². The number of methoxy groups -OCH3 is 2. The van der Waals surface area contributed by atoms with Gasteiger partial charge >= 0.3 is 0 Å². The zero-order valence-electron chi connectivity index (χ0n) is 11.7. The fourth-order valence-electron chi connectivity index (χ4n) is 3.36. The second kappa shape index (κ2) is 5.02. The fraction of sp³-hybridized carbons (Fsp3) is 0.600. The van der Waals surface area contributed by atoms with E-state index in [9.17, 15) is 0 Å². The Hall–Kier alpha value is -1.26. The zero-order valence-corrected chi connectivity index (χ0v) is 11.7. The number of rotatable bonds is 2. The van der Waals surface area contributed by atoms with Gasteiger partial charge in [0, 0.05) is 25.2 Å². The average Bonchev–Trinajstić information content (AvgIpc) is 2.45. The van der Waals surface area contributed by atoms with Crippen molar-refractivity contribution < 1.29 is 9.47 Å². The van der Waals surface area contributed by atoms with E-state index in [-0.39, 0.29) is 0 Å². The molecule has 0 aromatic heterocycles. The third-order valence-electron chi connectivity index (χ3n) is 4.43. The van der Waals surface area contributed by atoms with Crippen LogP contribution in [0.25, 0.3) is 0 Å². The van der Waals surface area contributed by atoms with Crippen LogP contribution in [0.3, 0.4) is 0 Å². The van der Waals surface area contributed by atoms with E-state index in [1.54, 1.807) is 14.2 Å². The Balaban J connectivity index is 2.01. The number of benzene rings is 1. The molecule has 0 saturated carbocycles. The first-order valence-electron chi connectivity index (χ1n) is 6.97. The zero-order chi connectivity index (χ0) is 13.4. The summed E-state index contributed by atoms with van der Waals surface area (Å²) in [6.45, 7) is 2.24. The van der Waals surface area contributed by atoms with Gasteiger partial charge in [-0.1, -0.05) is 0 Å². The predicted molar refractivity (Wildman–Crippen MR) is 74.8 cm³/mol. The van der Waals surface area contributed by atoms with Crippen molar-refractivity contribution in [2.45, 2.75) is 31.3 Å². The molecule has 19 heavy (non-hydrogen) atoms. The topological polar surface area (TPSA) is 47.7 Å². The van der Waals surface area contributed by atoms with E-state index in [1.807, 2.05) is 0 Å². The highest BCUT2D eigenvalue weighted by molar-refractivity contribution is 5.49. The Bertz CT molecular complexity index is 475. The minimum Gasteiger partial charge on any atom is -0.493 e. The summed E-state index contributed by atoms with van der Waals surface area (Å²) in [5.41, 5.74) is 8.90. The molecule has 2 atom stereocenters. The van der Waals surface area contributed by atoms with E-state index in [4.69, 9.17) is 15.2 Å². The van der Waals surface area contributed by atoms with Crippen LogP contribution in [0, 0.1) is 0 Å². The van der Waals surface area contributed by atoms with E-state index in [0.29, 0.717) is 12.1 Å². The minimum atomic E-state index is 0.320. The first kappa shape index (κ1) is 12.8. The quantitative estimate of drug-likeness (QED) is 0.881. The van der Waals surface area contributed by atoms with Gasteiger partial charge in [-0.3, -0.25) is 4.90 Å². The smallest absolute Gasteiger partial charge is 0.161 e. The summed E-state index contributed by atoms with van der Waals surface area (Å²) in [5, 5.41) is 0. The Kier molecular flexibility index (Phi) is 3.37. The highest BCUT2D eigenvalue weighted by Crippen LogP contribution is 2.41. The number of ether oxygens (including phenoxy) is 2. The van der Waals surface area contributed by atoms with E-state index in [0.717, 1.165) is 43.9 Å². The molecule has 2 aliphatic heterocycles. The van der Waals surface area contributed by atoms with Crippen LogP contribution >= 0.6 is 0 Å². The summed E-state index contributed by atoms with van der Waals surface area (Å²) in [4.78, 5) is 2.55. The Morgan fingerprint density at radius 2 is 1.89 bits per heavy atom. The van der Waals surface area contributed by atoms with E-state index < -0.39 is 0 Å². The summed E-state index contributed by atoms with van der Waals surface area (Å²) in [6, 6.07) is 5.04. The minimum absolute atomic E-state index is 0.320. The molecule has 2 N–H and O–H groups in total. The summed E-state index contributed by atoms with van der Waals surface area (Å²) >= 11 is 0. The summed E-state index contributed by atoms with van der Waals surface area (Å²) < 4.78 is 10.8. The number of hydrogen-bond donors (Lipinski definition) is 1. The van der Waals surface area contributed by atoms with Crippen LogP contribution in [0.4, 0.5) is 0 Å². The first-order chi connectivity index (χ1) is 9.22. The normalized spacial score (nSPS) is 26.5. The van der Waals surface area contributed by atoms with Gasteiger partial charge in [0.15, 0.2) is 11.5 Å². The second-order valence-corrected chi connectivity index (χ2v) is 5.49. The molecule has 2 heterocycles. The van der Waals surface area contributed by atoms with Gasteiger partial charge in [0.1, 0.15) is 0 Å². The summed E-state index contributed by atoms with van der Waals surface area (Å²) in [6.07, 6.45) is 3.24. The molecule has 1 fully saturated rings. The maximum absolute atomic E-state index is 6.14. The molecule has 0 bridgehead atoms. The molecule has 1 aromatic carbocycles. The van der Waals surface area contributed by atoms with Crippen molar-refractivity contribution in [1.82, 2.24) is 4.90 Å². The molecule has 3 rings (SSSR count). The molecule has 2 aliphatic rings. The van der Waals surface area contributed by atoms with Crippen LogP contribution in [0.2, 0.25) is 0 Å². The molecule has 104 valence electrons. The number of fused-ring (bicyclic) bond motifs is 3. The molecule has 0 aliphatic carbocycles. The third kappa shape index (κ3) is 2.19. The van der Waals surface area contributed by atoms with Crippen LogP contribution in [-0.2, 0) is 6.42 Å². The molecule has 0 unspecified atom stereocenters. The fourth-order valence-corrected chi connectivity index (χ4v) is 3.36. The Labute approximate surface area is 114 Å². The Morgan fingerprint density at radius 1 is 1.16 bits per heavy atom. The number of nitrogens with zero attached hydrogens (tertiary/aromatic N) is 1. The molecule has 4 nitrogen and oxygen atoms in total. The van der Waals surface area contributed by atoms with Crippen LogP contribution in [0.1, 0.15) is 30.0 Å². The van der Waals surface area contributed by atoms with Crippen LogP contribution < -0.4 is 15.2 Å². The summed E-state index contributed by atoms with van der Waals surface area (Å²) in [5.74, 6) is 1.65. The maximum Gasteiger partial charge on any atom is 0.161 e. The number of piperidine rings is 1. The standard InChI is InChI=1S/C15H22N2O2/c1-18-14-7-10-3-5-17-6-4-11(16)8-13(17)12(10)9-15(14)19-2/h7,9,11,13H,3-6,8,16H2,1-2H3/t11-,13-/m0/s1. The van der Waals surface area contributed by atoms with Gasteiger partial charge in [-0.05, 0) is 42.5 Å². The lowest BCUT2D eigenvalue weighted by atomic mass is 9.85. The lowest BCUT2D eigenvalue weighted by Crippen LogP contribution is -2.45. The maximum atomic E-state index is 6.14. The molecule has 1 saturated heterocycles. The van der Waals surface area contributed by atoms with Gasteiger partial charge in [-0.15, -0.1) is 0 Å². The van der Waals surface area contributed by atoms with Crippen molar-refractivity contribution in [3.8, 4) is 11.5 Å². The SMILES string of the molecule is COc1cc2c(cc1OC)[C@@H]1C[C@@H](N)CCN1CC2. The van der Waals surface area contributed by atoms with Crippen molar-refractivity contribution in [2.75, 3.05) is 27.3 Å². The van der Waals surface area contributed by atoms with Crippen molar-refractivity contribution in [2.24, 2.45) is 5.73 Å². The molecule has 0 spiro atoms. The molecular formula is C15H22N2O2. The van der Waals surface area contributed by atoms with Crippen LogP contribution in [0.5, 0.6) is 11.5 Å². The number of hydrogen-bond acceptors (Lipinski definition) is 4. The molecule has 0 radical (unpaired) electrons. The molecule has 0 amide bonds. The van der Waals surface area contributed by atoms with Gasteiger partial charge in [0.05, 0.1) is 14.2 Å². The van der Waals surface area contributed by atoms with Crippen molar-refractivity contribution in [3.63, 3.8) is 0 Å². The third-order valence-corrected chi connectivity index (χ3v) is 4.43. The van der Waals surface area contributed by atoms with Crippen LogP contribution in [-0.4, -0.2) is 38.3 Å². The lowest BCUT2D eigenvalue weighted by Gasteiger charge is -2.42. The van der Waals surface area contributed by atoms with Crippen molar-refractivity contribution in [3.05, 3.63) is 23.3 Å². The molecular weight excluding hydrogens is 240 g/mol. The molecule has 1 aromatic rings. The van der Waals surface area contributed by atoms with Gasteiger partial charge in [0.2, 0.25) is 0 Å². The monoisotopic (exact) mass is 262 g/mol. The first-order valence-corrected chi connectivity index (χ1v) is 6.97. The van der Waals surface area contributed by atoms with E-state index in [2.05, 4.69) is 17.0 Å². The second-order valence-electron chi connectivity index (χ2n) is 5.49. The average molecular weight is 262 g/mol. The van der Waals surface area contributed by atoms with Gasteiger partial charge < -0.3 is 15.2 Å². The van der Waals surface area contributed by atoms with E-state index in [1.165, 1.54) is 11.1 Å². The summed E-state index contributed by atoms with van der Waals surface area (Å²) in [7, 11) is 3.38. The largest absolute Gasteiger partial charge is 0.493 e. The highest BCUT2D eigenvalue weighted by Gasteiger charge is 2.33. The highest BCUT2D eigenvalue weighted by atomic mass is 16.5. The lowest BCUT2D eigenvalue weighted by molar-refractivity contribution is 0.126. The van der Waals surface area contributed by atoms with Gasteiger partial charge in [0.25, 0.3) is 0 Å². The molecule has 4 heteroatoms. The number of nitrogens with two attached hydrogens (primary N) is 1. The van der Waals surface area contributed by atoms with Crippen molar-refractivity contribution >= 4 is 0 Å². The van der Waals surface area contributed by atoms with Crippen molar-refractivity contribution in [1.29, 1.82) is 0 Å².